The Kier molecular flexibility index (Phi) is 6.89. The van der Waals surface area contributed by atoms with E-state index in [1.807, 2.05) is 59.1 Å². The van der Waals surface area contributed by atoms with Crippen LogP contribution in [0, 0.1) is 12.7 Å². The Morgan fingerprint density at radius 3 is 2.79 bits per heavy atom. The number of aryl methyl sites for hydroxylation is 1. The molecule has 9 nitrogen and oxygen atoms in total. The van der Waals surface area contributed by atoms with Gasteiger partial charge >= 0.3 is 0 Å². The Balaban J connectivity index is 1.54. The summed E-state index contributed by atoms with van der Waals surface area (Å²) in [5.41, 5.74) is 3.67. The summed E-state index contributed by atoms with van der Waals surface area (Å²) >= 11 is 0. The molecular formula is C28H28FN7O2. The van der Waals surface area contributed by atoms with Crippen LogP contribution in [0.4, 0.5) is 10.2 Å². The first-order valence-electron chi connectivity index (χ1n) is 12.2. The van der Waals surface area contributed by atoms with E-state index in [2.05, 4.69) is 20.6 Å². The van der Waals surface area contributed by atoms with E-state index in [1.54, 1.807) is 37.0 Å². The quantitative estimate of drug-likeness (QED) is 0.393. The van der Waals surface area contributed by atoms with Gasteiger partial charge in [-0.15, -0.1) is 0 Å². The molecule has 2 aromatic carbocycles. The van der Waals surface area contributed by atoms with Gasteiger partial charge in [-0.1, -0.05) is 24.3 Å². The minimum Gasteiger partial charge on any atom is -0.338 e. The Bertz CT molecular complexity index is 1640. The molecule has 2 N–H and O–H groups in total. The number of aromatic nitrogens is 3. The molecule has 5 rings (SSSR count). The maximum Gasteiger partial charge on any atom is 0.295 e. The highest BCUT2D eigenvalue weighted by Crippen LogP contribution is 2.24. The van der Waals surface area contributed by atoms with E-state index in [0.29, 0.717) is 12.4 Å². The van der Waals surface area contributed by atoms with Crippen molar-refractivity contribution in [3.05, 3.63) is 88.9 Å². The van der Waals surface area contributed by atoms with Gasteiger partial charge in [-0.25, -0.2) is 9.37 Å². The second-order valence-electron chi connectivity index (χ2n) is 9.17. The normalized spacial score (nSPS) is 14.0. The van der Waals surface area contributed by atoms with Crippen molar-refractivity contribution in [1.29, 1.82) is 0 Å². The first-order chi connectivity index (χ1) is 18.4. The summed E-state index contributed by atoms with van der Waals surface area (Å²) in [6.45, 7) is 4.17. The number of hydrogen-bond acceptors (Lipinski definition) is 6. The lowest BCUT2D eigenvalue weighted by molar-refractivity contribution is -0.117. The fraction of sp³-hybridized carbons (Fsp3) is 0.214. The predicted molar refractivity (Wildman–Crippen MR) is 147 cm³/mol. The van der Waals surface area contributed by atoms with E-state index in [1.165, 1.54) is 12.1 Å². The van der Waals surface area contributed by atoms with Gasteiger partial charge in [0, 0.05) is 29.6 Å². The summed E-state index contributed by atoms with van der Waals surface area (Å²) < 4.78 is 17.2. The Labute approximate surface area is 218 Å². The number of allylic oxidation sites excluding steroid dienone is 1. The van der Waals surface area contributed by atoms with E-state index in [-0.39, 0.29) is 24.2 Å². The number of likely N-dealkylation sites (N-methyl/N-ethyl adjacent to an activating group) is 1. The number of hydrogen-bond donors (Lipinski definition) is 2. The largest absolute Gasteiger partial charge is 0.338 e. The van der Waals surface area contributed by atoms with Crippen LogP contribution in [0.25, 0.3) is 27.9 Å². The minimum atomic E-state index is -0.493. The molecule has 0 bridgehead atoms. The van der Waals surface area contributed by atoms with E-state index in [0.717, 1.165) is 27.7 Å². The topological polar surface area (TPSA) is 96.6 Å². The number of carbonyl (C=O) groups is 1. The predicted octanol–water partition coefficient (Wildman–Crippen LogP) is 3.66. The molecular weight excluding hydrogens is 485 g/mol. The molecule has 1 aliphatic heterocycles. The number of anilines is 1. The number of carbonyl (C=O) groups excluding carboxylic acids is 1. The van der Waals surface area contributed by atoms with E-state index < -0.39 is 11.6 Å². The molecule has 1 atom stereocenters. The van der Waals surface area contributed by atoms with Crippen LogP contribution in [0.1, 0.15) is 12.5 Å². The standard InChI is InChI=1S/C28H28FN7O2/c1-18-6-4-5-7-23(18)25-14-32-26(33-27(37)19(2)30-3)28(38)36(25)17-34-15-22(13-31-16-34)35-11-10-20-12-21(29)8-9-24(20)35/h4-15,19,30H,16-17H2,1-3H3,(H,32,33,37)/t19-/m0/s1. The molecule has 0 aliphatic carbocycles. The van der Waals surface area contributed by atoms with Crippen LogP contribution in [0.2, 0.25) is 0 Å². The summed E-state index contributed by atoms with van der Waals surface area (Å²) in [7, 11) is 1.67. The van der Waals surface area contributed by atoms with Crippen LogP contribution < -0.4 is 16.2 Å². The van der Waals surface area contributed by atoms with Gasteiger partial charge < -0.3 is 20.1 Å². The first kappa shape index (κ1) is 25.1. The number of nitrogens with zero attached hydrogens (tertiary/aromatic N) is 5. The van der Waals surface area contributed by atoms with Gasteiger partial charge in [-0.2, -0.15) is 0 Å². The highest BCUT2D eigenvalue weighted by atomic mass is 19.1. The van der Waals surface area contributed by atoms with Crippen molar-refractivity contribution in [3.8, 4) is 11.3 Å². The van der Waals surface area contributed by atoms with Crippen molar-refractivity contribution in [2.24, 2.45) is 4.99 Å². The third kappa shape index (κ3) is 4.85. The molecule has 3 heterocycles. The van der Waals surface area contributed by atoms with Crippen LogP contribution >= 0.6 is 0 Å². The van der Waals surface area contributed by atoms with E-state index >= 15 is 0 Å². The molecule has 0 radical (unpaired) electrons. The first-order valence-corrected chi connectivity index (χ1v) is 12.2. The molecule has 2 aromatic heterocycles. The lowest BCUT2D eigenvalue weighted by atomic mass is 10.1. The zero-order valence-corrected chi connectivity index (χ0v) is 21.4. The molecule has 38 heavy (non-hydrogen) atoms. The molecule has 0 unspecified atom stereocenters. The van der Waals surface area contributed by atoms with Crippen LogP contribution in [0.15, 0.2) is 76.9 Å². The van der Waals surface area contributed by atoms with Crippen molar-refractivity contribution >= 4 is 34.5 Å². The summed E-state index contributed by atoms with van der Waals surface area (Å²) in [5.74, 6) is -0.693. The smallest absolute Gasteiger partial charge is 0.295 e. The lowest BCUT2D eigenvalue weighted by Gasteiger charge is -2.26. The molecule has 0 saturated carbocycles. The fourth-order valence-electron chi connectivity index (χ4n) is 4.38. The fourth-order valence-corrected chi connectivity index (χ4v) is 4.38. The average molecular weight is 514 g/mol. The Hall–Kier alpha value is -4.57. The van der Waals surface area contributed by atoms with Crippen molar-refractivity contribution in [1.82, 2.24) is 24.3 Å². The maximum atomic E-state index is 13.7. The third-order valence-corrected chi connectivity index (χ3v) is 6.60. The van der Waals surface area contributed by atoms with Gasteiger partial charge in [0.1, 0.15) is 12.5 Å². The van der Waals surface area contributed by atoms with Gasteiger partial charge in [0.15, 0.2) is 5.82 Å². The van der Waals surface area contributed by atoms with Crippen LogP contribution in [-0.4, -0.2) is 50.9 Å². The van der Waals surface area contributed by atoms with Gasteiger partial charge in [0.05, 0.1) is 35.8 Å². The molecule has 0 spiro atoms. The lowest BCUT2D eigenvalue weighted by Crippen LogP contribution is -2.39. The average Bonchev–Trinajstić information content (AvgIpc) is 3.34. The van der Waals surface area contributed by atoms with E-state index in [9.17, 15) is 14.0 Å². The van der Waals surface area contributed by atoms with Crippen LogP contribution in [-0.2, 0) is 11.5 Å². The molecule has 0 fully saturated rings. The molecule has 4 aromatic rings. The summed E-state index contributed by atoms with van der Waals surface area (Å²) in [4.78, 5) is 36.8. The van der Waals surface area contributed by atoms with Gasteiger partial charge in [0.25, 0.3) is 5.56 Å². The molecule has 10 heteroatoms. The summed E-state index contributed by atoms with van der Waals surface area (Å²) in [6, 6.07) is 13.7. The second kappa shape index (κ2) is 10.4. The maximum absolute atomic E-state index is 13.7. The Morgan fingerprint density at radius 2 is 2.00 bits per heavy atom. The van der Waals surface area contributed by atoms with Gasteiger partial charge in [-0.05, 0) is 50.7 Å². The second-order valence-corrected chi connectivity index (χ2v) is 9.17. The van der Waals surface area contributed by atoms with Gasteiger partial charge in [-0.3, -0.25) is 19.1 Å². The van der Waals surface area contributed by atoms with Crippen molar-refractivity contribution in [3.63, 3.8) is 0 Å². The Morgan fingerprint density at radius 1 is 1.18 bits per heavy atom. The highest BCUT2D eigenvalue weighted by Gasteiger charge is 2.19. The number of benzene rings is 2. The highest BCUT2D eigenvalue weighted by molar-refractivity contribution is 6.05. The molecule has 1 amide bonds. The van der Waals surface area contributed by atoms with Crippen LogP contribution in [0.3, 0.4) is 0 Å². The number of fused-ring (bicyclic) bond motifs is 1. The summed E-state index contributed by atoms with van der Waals surface area (Å²) in [6.07, 6.45) is 7.13. The molecule has 1 aliphatic rings. The van der Waals surface area contributed by atoms with Crippen LogP contribution in [0.5, 0.6) is 0 Å². The monoisotopic (exact) mass is 513 g/mol. The van der Waals surface area contributed by atoms with Crippen molar-refractivity contribution in [2.45, 2.75) is 26.6 Å². The number of nitrogens with one attached hydrogen (secondary N) is 2. The molecule has 0 saturated heterocycles. The number of amides is 1. The van der Waals surface area contributed by atoms with Crippen molar-refractivity contribution < 1.29 is 9.18 Å². The molecule has 194 valence electrons. The zero-order chi connectivity index (χ0) is 26.8. The minimum absolute atomic E-state index is 0.0439. The number of aliphatic imine (C=N–C) groups is 1. The van der Waals surface area contributed by atoms with E-state index in [4.69, 9.17) is 0 Å². The number of rotatable bonds is 7. The third-order valence-electron chi connectivity index (χ3n) is 6.60. The van der Waals surface area contributed by atoms with Gasteiger partial charge in [0.2, 0.25) is 5.91 Å². The zero-order valence-electron chi connectivity index (χ0n) is 21.4. The number of halogens is 1. The van der Waals surface area contributed by atoms with Crippen molar-refractivity contribution in [2.75, 3.05) is 19.0 Å². The SMILES string of the molecule is CN[C@@H](C)C(=O)Nc1ncc(-c2ccccc2C)n(CN2C=C(n3ccc4cc(F)ccc43)C=NC2)c1=O. The summed E-state index contributed by atoms with van der Waals surface area (Å²) in [5, 5.41) is 6.28.